The minimum Gasteiger partial charge on any atom is -0.488 e. The molecule has 1 atom stereocenters. The number of benzene rings is 1. The van der Waals surface area contributed by atoms with E-state index in [2.05, 4.69) is 15.9 Å². The molecule has 78 valence electrons. The van der Waals surface area contributed by atoms with E-state index in [1.165, 1.54) is 0 Å². The van der Waals surface area contributed by atoms with Crippen LogP contribution in [0.5, 0.6) is 5.75 Å². The fraction of sp³-hybridized carbons (Fsp3) is 0.455. The molecule has 0 aliphatic heterocycles. The Morgan fingerprint density at radius 2 is 2.00 bits per heavy atom. The van der Waals surface area contributed by atoms with E-state index < -0.39 is 5.08 Å². The molecule has 14 heavy (non-hydrogen) atoms. The van der Waals surface area contributed by atoms with Gasteiger partial charge in [0.1, 0.15) is 11.4 Å². The zero-order valence-electron chi connectivity index (χ0n) is 8.55. The summed E-state index contributed by atoms with van der Waals surface area (Å²) in [7, 11) is 0. The summed E-state index contributed by atoms with van der Waals surface area (Å²) >= 11 is 2.87. The number of hydrogen-bond acceptors (Lipinski definition) is 1. The summed E-state index contributed by atoms with van der Waals surface area (Å²) in [5.41, 5.74) is 0.322. The van der Waals surface area contributed by atoms with Crippen molar-refractivity contribution in [1.82, 2.24) is 0 Å². The molecule has 1 aromatic carbocycles. The molecule has 0 fully saturated rings. The zero-order chi connectivity index (χ0) is 10.8. The molecule has 0 heterocycles. The molecule has 1 unspecified atom stereocenters. The fourth-order valence-corrected chi connectivity index (χ4v) is 1.35. The first kappa shape index (κ1) is 11.5. The summed E-state index contributed by atoms with van der Waals surface area (Å²) < 4.78 is 18.5. The van der Waals surface area contributed by atoms with Crippen LogP contribution < -0.4 is 4.74 Å². The highest BCUT2D eigenvalue weighted by Crippen LogP contribution is 2.28. The molecule has 1 nitrogen and oxygen atoms in total. The lowest BCUT2D eigenvalue weighted by Gasteiger charge is -2.21. The third-order valence-electron chi connectivity index (χ3n) is 1.53. The lowest BCUT2D eigenvalue weighted by molar-refractivity contribution is 0.130. The van der Waals surface area contributed by atoms with E-state index in [1.807, 2.05) is 26.8 Å². The smallest absolute Gasteiger partial charge is 0.180 e. The highest BCUT2D eigenvalue weighted by Gasteiger charge is 2.13. The van der Waals surface area contributed by atoms with Gasteiger partial charge in [-0.2, -0.15) is 0 Å². The quantitative estimate of drug-likeness (QED) is 0.724. The Labute approximate surface area is 92.4 Å². The Kier molecular flexibility index (Phi) is 3.53. The van der Waals surface area contributed by atoms with Gasteiger partial charge in [0.15, 0.2) is 5.08 Å². The van der Waals surface area contributed by atoms with E-state index in [9.17, 15) is 4.39 Å². The molecule has 0 saturated heterocycles. The predicted octanol–water partition coefficient (Wildman–Crippen LogP) is 4.23. The summed E-state index contributed by atoms with van der Waals surface area (Å²) in [6, 6.07) is 7.02. The van der Waals surface area contributed by atoms with Crippen molar-refractivity contribution in [2.45, 2.75) is 31.5 Å². The van der Waals surface area contributed by atoms with Crippen LogP contribution in [0.3, 0.4) is 0 Å². The fourth-order valence-electron chi connectivity index (χ4n) is 1.07. The number of rotatable bonds is 2. The Hall–Kier alpha value is -0.570. The summed E-state index contributed by atoms with van der Waals surface area (Å²) in [5.74, 6) is 0.692. The highest BCUT2D eigenvalue weighted by atomic mass is 79.9. The first-order chi connectivity index (χ1) is 6.38. The lowest BCUT2D eigenvalue weighted by atomic mass is 10.2. The van der Waals surface area contributed by atoms with Crippen LogP contribution in [0.1, 0.15) is 31.4 Å². The Bertz CT molecular complexity index is 304. The molecule has 3 heteroatoms. The first-order valence-corrected chi connectivity index (χ1v) is 5.37. The van der Waals surface area contributed by atoms with E-state index in [1.54, 1.807) is 18.2 Å². The second kappa shape index (κ2) is 4.30. The van der Waals surface area contributed by atoms with E-state index >= 15 is 0 Å². The van der Waals surface area contributed by atoms with Crippen molar-refractivity contribution in [3.05, 3.63) is 29.8 Å². The van der Waals surface area contributed by atoms with Crippen LogP contribution in [0, 0.1) is 0 Å². The standard InChI is InChI=1S/C11H14BrFO/c1-11(2,3)14-9-6-4-5-8(7-9)10(12)13/h4-7,10H,1-3H3. The normalized spacial score (nSPS) is 13.8. The topological polar surface area (TPSA) is 9.23 Å². The van der Waals surface area contributed by atoms with Gasteiger partial charge in [-0.15, -0.1) is 0 Å². The number of alkyl halides is 2. The molecule has 0 spiro atoms. The van der Waals surface area contributed by atoms with Crippen LogP contribution in [0.2, 0.25) is 0 Å². The van der Waals surface area contributed by atoms with Gasteiger partial charge in [0.2, 0.25) is 0 Å². The minimum atomic E-state index is -1.13. The van der Waals surface area contributed by atoms with Crippen LogP contribution in [0.4, 0.5) is 4.39 Å². The molecule has 1 aromatic rings. The van der Waals surface area contributed by atoms with Crippen molar-refractivity contribution in [3.63, 3.8) is 0 Å². The maximum Gasteiger partial charge on any atom is 0.180 e. The highest BCUT2D eigenvalue weighted by molar-refractivity contribution is 9.09. The second-order valence-corrected chi connectivity index (χ2v) is 4.89. The first-order valence-electron chi connectivity index (χ1n) is 4.45. The van der Waals surface area contributed by atoms with Crippen molar-refractivity contribution >= 4 is 15.9 Å². The SMILES string of the molecule is CC(C)(C)Oc1cccc(C(F)Br)c1. The van der Waals surface area contributed by atoms with Crippen molar-refractivity contribution < 1.29 is 9.13 Å². The molecule has 0 aliphatic carbocycles. The van der Waals surface area contributed by atoms with Crippen LogP contribution in [0.15, 0.2) is 24.3 Å². The summed E-state index contributed by atoms with van der Waals surface area (Å²) in [6.07, 6.45) is 0. The van der Waals surface area contributed by atoms with Gasteiger partial charge in [-0.25, -0.2) is 4.39 Å². The number of hydrogen-bond donors (Lipinski definition) is 0. The van der Waals surface area contributed by atoms with Crippen LogP contribution >= 0.6 is 15.9 Å². The Balaban J connectivity index is 2.84. The van der Waals surface area contributed by atoms with E-state index in [0.29, 0.717) is 11.3 Å². The second-order valence-electron chi connectivity index (χ2n) is 4.09. The van der Waals surface area contributed by atoms with Crippen molar-refractivity contribution in [2.24, 2.45) is 0 Å². The molecule has 0 radical (unpaired) electrons. The molecule has 0 saturated carbocycles. The minimum absolute atomic E-state index is 0.253. The zero-order valence-corrected chi connectivity index (χ0v) is 10.1. The van der Waals surface area contributed by atoms with Gasteiger partial charge in [-0.1, -0.05) is 12.1 Å². The molecular weight excluding hydrogens is 247 g/mol. The maximum absolute atomic E-state index is 12.9. The van der Waals surface area contributed by atoms with Gasteiger partial charge >= 0.3 is 0 Å². The Morgan fingerprint density at radius 1 is 1.36 bits per heavy atom. The molecule has 1 rings (SSSR count). The van der Waals surface area contributed by atoms with Crippen LogP contribution in [-0.4, -0.2) is 5.60 Å². The molecule has 0 aromatic heterocycles. The lowest BCUT2D eigenvalue weighted by Crippen LogP contribution is -2.22. The van der Waals surface area contributed by atoms with Crippen LogP contribution in [-0.2, 0) is 0 Å². The molecule has 0 bridgehead atoms. The van der Waals surface area contributed by atoms with Crippen molar-refractivity contribution in [3.8, 4) is 5.75 Å². The van der Waals surface area contributed by atoms with Gasteiger partial charge in [0.05, 0.1) is 0 Å². The summed E-state index contributed by atoms with van der Waals surface area (Å²) in [6.45, 7) is 5.88. The molecular formula is C11H14BrFO. The third kappa shape index (κ3) is 3.66. The molecule has 0 N–H and O–H groups in total. The van der Waals surface area contributed by atoms with Crippen LogP contribution in [0.25, 0.3) is 0 Å². The van der Waals surface area contributed by atoms with Gasteiger partial charge < -0.3 is 4.74 Å². The summed E-state index contributed by atoms with van der Waals surface area (Å²) in [4.78, 5) is 0. The van der Waals surface area contributed by atoms with Gasteiger partial charge in [-0.3, -0.25) is 0 Å². The van der Waals surface area contributed by atoms with Gasteiger partial charge in [0.25, 0.3) is 0 Å². The molecule has 0 aliphatic rings. The van der Waals surface area contributed by atoms with Crippen molar-refractivity contribution in [1.29, 1.82) is 0 Å². The van der Waals surface area contributed by atoms with E-state index in [4.69, 9.17) is 4.74 Å². The van der Waals surface area contributed by atoms with Crippen molar-refractivity contribution in [2.75, 3.05) is 0 Å². The Morgan fingerprint density at radius 3 is 2.50 bits per heavy atom. The summed E-state index contributed by atoms with van der Waals surface area (Å²) in [5, 5.41) is -1.13. The van der Waals surface area contributed by atoms with Gasteiger partial charge in [-0.05, 0) is 48.8 Å². The maximum atomic E-state index is 12.9. The average Bonchev–Trinajstić information content (AvgIpc) is 2.01. The predicted molar refractivity (Wildman–Crippen MR) is 59.6 cm³/mol. The largest absolute Gasteiger partial charge is 0.488 e. The van der Waals surface area contributed by atoms with Gasteiger partial charge in [0, 0.05) is 5.56 Å². The number of ether oxygens (including phenoxy) is 1. The number of halogens is 2. The van der Waals surface area contributed by atoms with E-state index in [-0.39, 0.29) is 5.60 Å². The monoisotopic (exact) mass is 260 g/mol. The third-order valence-corrected chi connectivity index (χ3v) is 2.06. The average molecular weight is 261 g/mol. The van der Waals surface area contributed by atoms with E-state index in [0.717, 1.165) is 0 Å². The molecule has 0 amide bonds.